The number of halogens is 1. The largest absolute Gasteiger partial charge is 0.443 e. The van der Waals surface area contributed by atoms with Gasteiger partial charge in [-0.1, -0.05) is 59.3 Å². The van der Waals surface area contributed by atoms with Crippen LogP contribution in [0.25, 0.3) is 22.8 Å². The van der Waals surface area contributed by atoms with Crippen LogP contribution in [0, 0.1) is 12.7 Å². The van der Waals surface area contributed by atoms with Crippen LogP contribution in [-0.4, -0.2) is 46.9 Å². The zero-order valence-corrected chi connectivity index (χ0v) is 20.8. The average Bonchev–Trinajstić information content (AvgIpc) is 3.61. The SMILES string of the molecule is Cc1ccc(-c2nc(-c3ccc(CC(NC(=O)N4CCC(c5ccccc5)C4)OC=O)cc3F)no2)cc1. The highest BCUT2D eigenvalue weighted by Gasteiger charge is 2.29. The number of rotatable bonds is 8. The Morgan fingerprint density at radius 1 is 1.18 bits per heavy atom. The van der Waals surface area contributed by atoms with Crippen molar-refractivity contribution in [2.75, 3.05) is 13.1 Å². The molecule has 1 aliphatic heterocycles. The number of aryl methyl sites for hydroxylation is 1. The summed E-state index contributed by atoms with van der Waals surface area (Å²) in [5, 5.41) is 6.66. The van der Waals surface area contributed by atoms with E-state index in [1.54, 1.807) is 17.0 Å². The minimum absolute atomic E-state index is 0.0957. The van der Waals surface area contributed by atoms with Gasteiger partial charge in [0.1, 0.15) is 5.82 Å². The Labute approximate surface area is 219 Å². The smallest absolute Gasteiger partial charge is 0.320 e. The van der Waals surface area contributed by atoms with Gasteiger partial charge in [0.05, 0.1) is 5.56 Å². The first-order valence-electron chi connectivity index (χ1n) is 12.4. The molecule has 2 atom stereocenters. The van der Waals surface area contributed by atoms with E-state index < -0.39 is 12.0 Å². The molecule has 8 nitrogen and oxygen atoms in total. The standard InChI is InChI=1S/C29H27FN4O4/c1-19-7-10-22(11-8-19)28-32-27(33-38-28)24-12-9-20(15-25(24)30)16-26(37-18-35)31-29(36)34-14-13-23(17-34)21-5-3-2-4-6-21/h2-12,15,18,23,26H,13-14,16-17H2,1H3,(H,31,36). The first-order chi connectivity index (χ1) is 18.5. The van der Waals surface area contributed by atoms with Gasteiger partial charge in [0.25, 0.3) is 12.4 Å². The fourth-order valence-electron chi connectivity index (χ4n) is 4.60. The second-order valence-corrected chi connectivity index (χ2v) is 9.32. The van der Waals surface area contributed by atoms with Crippen molar-refractivity contribution >= 4 is 12.5 Å². The molecule has 1 saturated heterocycles. The van der Waals surface area contributed by atoms with Gasteiger partial charge in [-0.3, -0.25) is 4.79 Å². The third-order valence-corrected chi connectivity index (χ3v) is 6.67. The zero-order valence-electron chi connectivity index (χ0n) is 20.8. The topological polar surface area (TPSA) is 97.6 Å². The molecule has 2 heterocycles. The lowest BCUT2D eigenvalue weighted by molar-refractivity contribution is -0.134. The summed E-state index contributed by atoms with van der Waals surface area (Å²) in [5.41, 5.74) is 3.73. The van der Waals surface area contributed by atoms with Crippen LogP contribution in [0.2, 0.25) is 0 Å². The Kier molecular flexibility index (Phi) is 7.44. The fourth-order valence-corrected chi connectivity index (χ4v) is 4.60. The van der Waals surface area contributed by atoms with Crippen LogP contribution in [0.4, 0.5) is 9.18 Å². The molecular formula is C29H27FN4O4. The quantitative estimate of drug-likeness (QED) is 0.260. The molecule has 9 heteroatoms. The maximum Gasteiger partial charge on any atom is 0.320 e. The van der Waals surface area contributed by atoms with Gasteiger partial charge in [0.15, 0.2) is 6.23 Å². The Hall–Kier alpha value is -4.53. The van der Waals surface area contributed by atoms with Crippen LogP contribution in [0.5, 0.6) is 0 Å². The third-order valence-electron chi connectivity index (χ3n) is 6.67. The van der Waals surface area contributed by atoms with Gasteiger partial charge < -0.3 is 19.5 Å². The molecule has 5 rings (SSSR count). The van der Waals surface area contributed by atoms with Crippen molar-refractivity contribution in [1.29, 1.82) is 0 Å². The zero-order chi connectivity index (χ0) is 26.5. The summed E-state index contributed by atoms with van der Waals surface area (Å²) in [5.74, 6) is 0.119. The molecule has 2 amide bonds. The Morgan fingerprint density at radius 3 is 2.71 bits per heavy atom. The maximum atomic E-state index is 15.0. The highest BCUT2D eigenvalue weighted by Crippen LogP contribution is 2.28. The number of likely N-dealkylation sites (tertiary alicyclic amines) is 1. The number of nitrogens with one attached hydrogen (secondary N) is 1. The summed E-state index contributed by atoms with van der Waals surface area (Å²) >= 11 is 0. The van der Waals surface area contributed by atoms with Gasteiger partial charge in [0, 0.05) is 31.0 Å². The number of benzene rings is 3. The molecule has 0 saturated carbocycles. The minimum Gasteiger partial charge on any atom is -0.443 e. The van der Waals surface area contributed by atoms with Crippen LogP contribution in [0.3, 0.4) is 0 Å². The van der Waals surface area contributed by atoms with E-state index in [-0.39, 0.29) is 36.2 Å². The summed E-state index contributed by atoms with van der Waals surface area (Å²) in [6.45, 7) is 3.42. The molecule has 1 fully saturated rings. The van der Waals surface area contributed by atoms with E-state index in [0.29, 0.717) is 24.5 Å². The monoisotopic (exact) mass is 514 g/mol. The predicted molar refractivity (Wildman–Crippen MR) is 138 cm³/mol. The summed E-state index contributed by atoms with van der Waals surface area (Å²) in [4.78, 5) is 30.0. The van der Waals surface area contributed by atoms with E-state index in [0.717, 1.165) is 17.5 Å². The third kappa shape index (κ3) is 5.72. The van der Waals surface area contributed by atoms with Gasteiger partial charge in [-0.15, -0.1) is 0 Å². The molecule has 0 radical (unpaired) electrons. The average molecular weight is 515 g/mol. The highest BCUT2D eigenvalue weighted by atomic mass is 19.1. The number of carbonyl (C=O) groups excluding carboxylic acids is 2. The fraction of sp³-hybridized carbons (Fsp3) is 0.241. The molecule has 1 aliphatic rings. The molecule has 4 aromatic rings. The van der Waals surface area contributed by atoms with Crippen molar-refractivity contribution in [3.05, 3.63) is 95.3 Å². The minimum atomic E-state index is -0.945. The first kappa shape index (κ1) is 25.1. The summed E-state index contributed by atoms with van der Waals surface area (Å²) in [6.07, 6.45) is 0.00288. The molecule has 1 aromatic heterocycles. The van der Waals surface area contributed by atoms with Crippen molar-refractivity contribution in [3.63, 3.8) is 0 Å². The number of ether oxygens (including phenoxy) is 1. The molecule has 38 heavy (non-hydrogen) atoms. The molecule has 0 bridgehead atoms. The Morgan fingerprint density at radius 2 is 1.97 bits per heavy atom. The first-order valence-corrected chi connectivity index (χ1v) is 12.4. The summed E-state index contributed by atoms with van der Waals surface area (Å²) < 4.78 is 25.4. The van der Waals surface area contributed by atoms with E-state index in [4.69, 9.17) is 9.26 Å². The molecule has 2 unspecified atom stereocenters. The predicted octanol–water partition coefficient (Wildman–Crippen LogP) is 5.09. The Bertz CT molecular complexity index is 1410. The number of carbonyl (C=O) groups is 2. The van der Waals surface area contributed by atoms with Crippen LogP contribution in [-0.2, 0) is 16.0 Å². The lowest BCUT2D eigenvalue weighted by Gasteiger charge is -2.22. The normalized spacial score (nSPS) is 15.7. The number of aromatic nitrogens is 2. The van der Waals surface area contributed by atoms with Crippen molar-refractivity contribution in [2.24, 2.45) is 0 Å². The van der Waals surface area contributed by atoms with E-state index in [1.807, 2.05) is 49.4 Å². The van der Waals surface area contributed by atoms with Gasteiger partial charge in [0.2, 0.25) is 5.82 Å². The second-order valence-electron chi connectivity index (χ2n) is 9.32. The van der Waals surface area contributed by atoms with Crippen LogP contribution in [0.1, 0.15) is 29.0 Å². The van der Waals surface area contributed by atoms with E-state index in [9.17, 15) is 9.59 Å². The number of nitrogens with zero attached hydrogens (tertiary/aromatic N) is 3. The van der Waals surface area contributed by atoms with E-state index in [1.165, 1.54) is 11.6 Å². The summed E-state index contributed by atoms with van der Waals surface area (Å²) in [7, 11) is 0. The van der Waals surface area contributed by atoms with E-state index >= 15 is 4.39 Å². The summed E-state index contributed by atoms with van der Waals surface area (Å²) in [6, 6.07) is 21.8. The lowest BCUT2D eigenvalue weighted by Crippen LogP contribution is -2.45. The molecular weight excluding hydrogens is 487 g/mol. The van der Waals surface area contributed by atoms with Crippen LogP contribution >= 0.6 is 0 Å². The molecule has 194 valence electrons. The number of hydrogen-bond acceptors (Lipinski definition) is 6. The maximum absolute atomic E-state index is 15.0. The molecule has 1 N–H and O–H groups in total. The van der Waals surface area contributed by atoms with Crippen LogP contribution < -0.4 is 5.32 Å². The van der Waals surface area contributed by atoms with Gasteiger partial charge in [-0.2, -0.15) is 4.98 Å². The number of hydrogen-bond donors (Lipinski definition) is 1. The van der Waals surface area contributed by atoms with Crippen LogP contribution in [0.15, 0.2) is 77.3 Å². The van der Waals surface area contributed by atoms with Gasteiger partial charge in [-0.05, 0) is 48.7 Å². The molecule has 0 aliphatic carbocycles. The van der Waals surface area contributed by atoms with E-state index in [2.05, 4.69) is 27.6 Å². The van der Waals surface area contributed by atoms with Gasteiger partial charge in [-0.25, -0.2) is 9.18 Å². The number of amides is 2. The second kappa shape index (κ2) is 11.2. The molecule has 3 aromatic carbocycles. The van der Waals surface area contributed by atoms with Crippen molar-refractivity contribution in [1.82, 2.24) is 20.4 Å². The van der Waals surface area contributed by atoms with Crippen molar-refractivity contribution in [2.45, 2.75) is 31.9 Å². The lowest BCUT2D eigenvalue weighted by atomic mass is 9.99. The highest BCUT2D eigenvalue weighted by molar-refractivity contribution is 5.75. The number of urea groups is 1. The van der Waals surface area contributed by atoms with Crippen molar-refractivity contribution in [3.8, 4) is 22.8 Å². The van der Waals surface area contributed by atoms with Crippen molar-refractivity contribution < 1.29 is 23.2 Å². The molecule has 0 spiro atoms. The van der Waals surface area contributed by atoms with Gasteiger partial charge >= 0.3 is 6.03 Å². The Balaban J connectivity index is 1.23.